The molecule has 3 aliphatic rings. The zero-order chi connectivity index (χ0) is 14.0. The largest absolute Gasteiger partial charge is 0.381 e. The summed E-state index contributed by atoms with van der Waals surface area (Å²) in [5.74, 6) is 0.921. The lowest BCUT2D eigenvalue weighted by molar-refractivity contribution is -0.143. The van der Waals surface area contributed by atoms with Gasteiger partial charge in [-0.15, -0.1) is 0 Å². The van der Waals surface area contributed by atoms with Crippen molar-refractivity contribution in [3.63, 3.8) is 0 Å². The summed E-state index contributed by atoms with van der Waals surface area (Å²) in [4.78, 5) is 17.6. The predicted molar refractivity (Wildman–Crippen MR) is 78.6 cm³/mol. The van der Waals surface area contributed by atoms with E-state index in [1.807, 2.05) is 11.9 Å². The van der Waals surface area contributed by atoms with E-state index >= 15 is 0 Å². The first kappa shape index (κ1) is 14.3. The van der Waals surface area contributed by atoms with Crippen LogP contribution < -0.4 is 0 Å². The molecule has 20 heavy (non-hydrogen) atoms. The summed E-state index contributed by atoms with van der Waals surface area (Å²) in [6.45, 7) is 4.80. The number of carbonyl (C=O) groups is 1. The number of amides is 1. The summed E-state index contributed by atoms with van der Waals surface area (Å²) in [6, 6.07) is 0. The quantitative estimate of drug-likeness (QED) is 0.788. The van der Waals surface area contributed by atoms with Gasteiger partial charge in [-0.05, 0) is 45.2 Å². The van der Waals surface area contributed by atoms with Gasteiger partial charge >= 0.3 is 0 Å². The maximum Gasteiger partial charge on any atom is 0.242 e. The lowest BCUT2D eigenvalue weighted by Gasteiger charge is -2.40. The van der Waals surface area contributed by atoms with Gasteiger partial charge in [-0.25, -0.2) is 0 Å². The highest BCUT2D eigenvalue weighted by Gasteiger charge is 2.48. The van der Waals surface area contributed by atoms with E-state index in [0.717, 1.165) is 52.1 Å². The first-order chi connectivity index (χ1) is 9.72. The van der Waals surface area contributed by atoms with Crippen LogP contribution in [0.25, 0.3) is 0 Å². The smallest absolute Gasteiger partial charge is 0.242 e. The van der Waals surface area contributed by atoms with Gasteiger partial charge in [-0.1, -0.05) is 12.8 Å². The Morgan fingerprint density at radius 1 is 1.25 bits per heavy atom. The minimum absolute atomic E-state index is 0.162. The van der Waals surface area contributed by atoms with Gasteiger partial charge < -0.3 is 9.64 Å². The van der Waals surface area contributed by atoms with Crippen LogP contribution in [0.1, 0.15) is 44.9 Å². The third kappa shape index (κ3) is 2.60. The van der Waals surface area contributed by atoms with E-state index in [1.54, 1.807) is 0 Å². The number of likely N-dealkylation sites (N-methyl/N-ethyl adjacent to an activating group) is 1. The second-order valence-corrected chi connectivity index (χ2v) is 6.85. The maximum absolute atomic E-state index is 13.1. The fourth-order valence-corrected chi connectivity index (χ4v) is 4.32. The summed E-state index contributed by atoms with van der Waals surface area (Å²) in [5.41, 5.74) is -0.162. The van der Waals surface area contributed by atoms with E-state index < -0.39 is 0 Å². The second kappa shape index (κ2) is 6.02. The average molecular weight is 280 g/mol. The minimum Gasteiger partial charge on any atom is -0.381 e. The molecule has 3 fully saturated rings. The van der Waals surface area contributed by atoms with Crippen LogP contribution in [0.3, 0.4) is 0 Å². The Hall–Kier alpha value is -0.610. The molecule has 0 aromatic rings. The molecule has 0 unspecified atom stereocenters. The molecule has 0 aromatic heterocycles. The van der Waals surface area contributed by atoms with Crippen molar-refractivity contribution in [2.24, 2.45) is 5.92 Å². The standard InChI is InChI=1S/C16H28N2O2/c1-17(12-14-6-11-20-13-14)15(19)16(7-2-3-8-16)18-9-4-5-10-18/h14H,2-13H2,1H3/t14-/m1/s1. The molecule has 4 nitrogen and oxygen atoms in total. The SMILES string of the molecule is CN(C[C@H]1CCOC1)C(=O)C1(N2CCCC2)CCCC1. The lowest BCUT2D eigenvalue weighted by Crippen LogP contribution is -2.57. The number of nitrogens with zero attached hydrogens (tertiary/aromatic N) is 2. The van der Waals surface area contributed by atoms with Crippen LogP contribution in [0.2, 0.25) is 0 Å². The van der Waals surface area contributed by atoms with Gasteiger partial charge in [0.05, 0.1) is 6.61 Å². The van der Waals surface area contributed by atoms with E-state index in [4.69, 9.17) is 4.74 Å². The number of hydrogen-bond acceptors (Lipinski definition) is 3. The van der Waals surface area contributed by atoms with Crippen molar-refractivity contribution in [3.05, 3.63) is 0 Å². The molecule has 1 atom stereocenters. The van der Waals surface area contributed by atoms with Gasteiger partial charge in [0.1, 0.15) is 5.54 Å². The van der Waals surface area contributed by atoms with Crippen LogP contribution in [-0.4, -0.2) is 61.1 Å². The predicted octanol–water partition coefficient (Wildman–Crippen LogP) is 1.89. The van der Waals surface area contributed by atoms with Crippen molar-refractivity contribution in [3.8, 4) is 0 Å². The molecule has 2 saturated heterocycles. The summed E-state index contributed by atoms with van der Waals surface area (Å²) < 4.78 is 5.44. The molecule has 0 N–H and O–H groups in total. The molecule has 0 radical (unpaired) electrons. The average Bonchev–Trinajstić information content (AvgIpc) is 3.19. The first-order valence-electron chi connectivity index (χ1n) is 8.31. The highest BCUT2D eigenvalue weighted by atomic mass is 16.5. The fraction of sp³-hybridized carbons (Fsp3) is 0.938. The molecule has 4 heteroatoms. The molecular weight excluding hydrogens is 252 g/mol. The molecular formula is C16H28N2O2. The molecule has 0 aromatic carbocycles. The van der Waals surface area contributed by atoms with Gasteiger partial charge in [0.25, 0.3) is 0 Å². The Bertz CT molecular complexity index is 340. The molecule has 1 saturated carbocycles. The van der Waals surface area contributed by atoms with Gasteiger partial charge in [-0.3, -0.25) is 9.69 Å². The van der Waals surface area contributed by atoms with Crippen LogP contribution in [0.5, 0.6) is 0 Å². The summed E-state index contributed by atoms with van der Waals surface area (Å²) >= 11 is 0. The van der Waals surface area contributed by atoms with Crippen molar-refractivity contribution in [2.45, 2.75) is 50.5 Å². The molecule has 2 aliphatic heterocycles. The van der Waals surface area contributed by atoms with E-state index in [0.29, 0.717) is 11.8 Å². The summed E-state index contributed by atoms with van der Waals surface area (Å²) in [5, 5.41) is 0. The number of hydrogen-bond donors (Lipinski definition) is 0. The zero-order valence-corrected chi connectivity index (χ0v) is 12.8. The maximum atomic E-state index is 13.1. The third-order valence-electron chi connectivity index (χ3n) is 5.44. The van der Waals surface area contributed by atoms with Gasteiger partial charge in [0.15, 0.2) is 0 Å². The van der Waals surface area contributed by atoms with Gasteiger partial charge in [-0.2, -0.15) is 0 Å². The van der Waals surface area contributed by atoms with E-state index in [1.165, 1.54) is 25.7 Å². The number of ether oxygens (including phenoxy) is 1. The Kier molecular flexibility index (Phi) is 4.32. The topological polar surface area (TPSA) is 32.8 Å². The second-order valence-electron chi connectivity index (χ2n) is 6.85. The molecule has 2 heterocycles. The number of rotatable bonds is 4. The Balaban J connectivity index is 1.68. The normalized spacial score (nSPS) is 29.9. The van der Waals surface area contributed by atoms with E-state index in [2.05, 4.69) is 4.90 Å². The summed E-state index contributed by atoms with van der Waals surface area (Å²) in [6.07, 6.45) is 8.18. The van der Waals surface area contributed by atoms with Crippen LogP contribution >= 0.6 is 0 Å². The van der Waals surface area contributed by atoms with Crippen molar-refractivity contribution in [2.75, 3.05) is 39.9 Å². The Morgan fingerprint density at radius 3 is 2.55 bits per heavy atom. The van der Waals surface area contributed by atoms with Crippen molar-refractivity contribution >= 4 is 5.91 Å². The van der Waals surface area contributed by atoms with Crippen LogP contribution in [0.4, 0.5) is 0 Å². The van der Waals surface area contributed by atoms with Gasteiger partial charge in [0, 0.05) is 26.1 Å². The molecule has 1 amide bonds. The minimum atomic E-state index is -0.162. The molecule has 114 valence electrons. The number of likely N-dealkylation sites (tertiary alicyclic amines) is 1. The molecule has 0 spiro atoms. The van der Waals surface area contributed by atoms with E-state index in [-0.39, 0.29) is 5.54 Å². The van der Waals surface area contributed by atoms with Crippen molar-refractivity contribution in [1.82, 2.24) is 9.80 Å². The number of carbonyl (C=O) groups excluding carboxylic acids is 1. The molecule has 0 bridgehead atoms. The Morgan fingerprint density at radius 2 is 1.95 bits per heavy atom. The zero-order valence-electron chi connectivity index (χ0n) is 12.8. The van der Waals surface area contributed by atoms with Crippen LogP contribution in [0, 0.1) is 5.92 Å². The fourth-order valence-electron chi connectivity index (χ4n) is 4.32. The summed E-state index contributed by atoms with van der Waals surface area (Å²) in [7, 11) is 2.00. The third-order valence-corrected chi connectivity index (χ3v) is 5.44. The lowest BCUT2D eigenvalue weighted by atomic mass is 9.93. The monoisotopic (exact) mass is 280 g/mol. The van der Waals surface area contributed by atoms with Crippen molar-refractivity contribution < 1.29 is 9.53 Å². The highest BCUT2D eigenvalue weighted by molar-refractivity contribution is 5.86. The Labute approximate surface area is 122 Å². The van der Waals surface area contributed by atoms with Crippen LogP contribution in [-0.2, 0) is 9.53 Å². The van der Waals surface area contributed by atoms with Crippen LogP contribution in [0.15, 0.2) is 0 Å². The first-order valence-corrected chi connectivity index (χ1v) is 8.31. The molecule has 3 rings (SSSR count). The molecule has 1 aliphatic carbocycles. The van der Waals surface area contributed by atoms with Crippen molar-refractivity contribution in [1.29, 1.82) is 0 Å². The van der Waals surface area contributed by atoms with E-state index in [9.17, 15) is 4.79 Å². The highest BCUT2D eigenvalue weighted by Crippen LogP contribution is 2.39. The van der Waals surface area contributed by atoms with Gasteiger partial charge in [0.2, 0.25) is 5.91 Å².